The van der Waals surface area contributed by atoms with Crippen molar-refractivity contribution in [1.82, 2.24) is 0 Å². The van der Waals surface area contributed by atoms with Crippen molar-refractivity contribution in [3.63, 3.8) is 0 Å². The Hall–Kier alpha value is -2.36. The first-order valence-corrected chi connectivity index (χ1v) is 5.89. The number of halogens is 1. The molecule has 1 N–H and O–H groups in total. The molecule has 0 unspecified atom stereocenters. The quantitative estimate of drug-likeness (QED) is 0.916. The minimum Gasteiger partial charge on any atom is -0.483 e. The summed E-state index contributed by atoms with van der Waals surface area (Å²) in [5.41, 5.74) is 1.10. The maximum absolute atomic E-state index is 13.3. The molecule has 0 aromatic heterocycles. The zero-order chi connectivity index (χ0) is 13.7. The van der Waals surface area contributed by atoms with Crippen molar-refractivity contribution in [2.75, 3.05) is 11.9 Å². The molecule has 0 bridgehead atoms. The van der Waals surface area contributed by atoms with E-state index < -0.39 is 11.7 Å². The Balaban J connectivity index is 1.92. The monoisotopic (exact) mass is 259 g/mol. The van der Waals surface area contributed by atoms with E-state index in [9.17, 15) is 9.18 Å². The van der Waals surface area contributed by atoms with Crippen LogP contribution in [-0.2, 0) is 4.79 Å². The molecule has 4 heteroatoms. The fraction of sp³-hybridized carbons (Fsp3) is 0.133. The molecule has 0 aliphatic carbocycles. The van der Waals surface area contributed by atoms with Crippen molar-refractivity contribution < 1.29 is 13.9 Å². The molecule has 0 saturated heterocycles. The van der Waals surface area contributed by atoms with E-state index in [0.717, 1.165) is 5.56 Å². The maximum atomic E-state index is 13.3. The maximum Gasteiger partial charge on any atom is 0.262 e. The third kappa shape index (κ3) is 3.55. The number of nitrogens with one attached hydrogen (secondary N) is 1. The van der Waals surface area contributed by atoms with Gasteiger partial charge in [0.15, 0.2) is 6.61 Å². The van der Waals surface area contributed by atoms with Crippen molar-refractivity contribution in [1.29, 1.82) is 0 Å². The van der Waals surface area contributed by atoms with E-state index in [1.807, 2.05) is 25.1 Å². The van der Waals surface area contributed by atoms with Gasteiger partial charge in [-0.15, -0.1) is 0 Å². The molecule has 19 heavy (non-hydrogen) atoms. The molecule has 0 saturated carbocycles. The molecule has 0 spiro atoms. The molecule has 0 aliphatic heterocycles. The van der Waals surface area contributed by atoms with Crippen LogP contribution in [0.25, 0.3) is 0 Å². The number of carbonyl (C=O) groups is 1. The van der Waals surface area contributed by atoms with Gasteiger partial charge in [-0.2, -0.15) is 0 Å². The van der Waals surface area contributed by atoms with Gasteiger partial charge in [-0.05, 0) is 30.7 Å². The first-order chi connectivity index (χ1) is 9.16. The third-order valence-corrected chi connectivity index (χ3v) is 2.60. The lowest BCUT2D eigenvalue weighted by molar-refractivity contribution is -0.118. The fourth-order valence-corrected chi connectivity index (χ4v) is 1.61. The highest BCUT2D eigenvalue weighted by molar-refractivity contribution is 5.91. The van der Waals surface area contributed by atoms with Gasteiger partial charge in [0.25, 0.3) is 5.91 Å². The number of aryl methyl sites for hydroxylation is 1. The number of ether oxygens (including phenoxy) is 1. The summed E-state index contributed by atoms with van der Waals surface area (Å²) in [5, 5.41) is 2.46. The second kappa shape index (κ2) is 6.00. The zero-order valence-corrected chi connectivity index (χ0v) is 10.5. The standard InChI is InChI=1S/C15H14FNO2/c1-11-6-2-5-9-14(11)19-10-15(18)17-13-8-4-3-7-12(13)16/h2-9H,10H2,1H3,(H,17,18). The lowest BCUT2D eigenvalue weighted by Crippen LogP contribution is -2.20. The van der Waals surface area contributed by atoms with Crippen LogP contribution in [0.2, 0.25) is 0 Å². The predicted octanol–water partition coefficient (Wildman–Crippen LogP) is 3.15. The number of benzene rings is 2. The Bertz CT molecular complexity index is 584. The fourth-order valence-electron chi connectivity index (χ4n) is 1.61. The van der Waals surface area contributed by atoms with E-state index in [0.29, 0.717) is 5.75 Å². The van der Waals surface area contributed by atoms with E-state index in [2.05, 4.69) is 5.32 Å². The number of anilines is 1. The highest BCUT2D eigenvalue weighted by Crippen LogP contribution is 2.16. The Kier molecular flexibility index (Phi) is 4.13. The van der Waals surface area contributed by atoms with Crippen molar-refractivity contribution in [2.24, 2.45) is 0 Å². The molecule has 2 rings (SSSR count). The van der Waals surface area contributed by atoms with Crippen LogP contribution < -0.4 is 10.1 Å². The van der Waals surface area contributed by atoms with Gasteiger partial charge in [0.2, 0.25) is 0 Å². The topological polar surface area (TPSA) is 38.3 Å². The SMILES string of the molecule is Cc1ccccc1OCC(=O)Nc1ccccc1F. The van der Waals surface area contributed by atoms with Crippen LogP contribution in [0.4, 0.5) is 10.1 Å². The van der Waals surface area contributed by atoms with Gasteiger partial charge < -0.3 is 10.1 Å². The summed E-state index contributed by atoms with van der Waals surface area (Å²) in [7, 11) is 0. The number of amides is 1. The first kappa shape index (κ1) is 13.1. The van der Waals surface area contributed by atoms with E-state index in [4.69, 9.17) is 4.74 Å². The highest BCUT2D eigenvalue weighted by atomic mass is 19.1. The summed E-state index contributed by atoms with van der Waals surface area (Å²) < 4.78 is 18.7. The van der Waals surface area contributed by atoms with E-state index in [1.54, 1.807) is 18.2 Å². The number of carbonyl (C=O) groups excluding carboxylic acids is 1. The summed E-state index contributed by atoms with van der Waals surface area (Å²) in [6, 6.07) is 13.4. The Morgan fingerprint density at radius 1 is 1.16 bits per heavy atom. The normalized spacial score (nSPS) is 10.0. The average Bonchev–Trinajstić information content (AvgIpc) is 2.40. The second-order valence-corrected chi connectivity index (χ2v) is 4.08. The Labute approximate surface area is 111 Å². The van der Waals surface area contributed by atoms with Gasteiger partial charge in [0.05, 0.1) is 5.69 Å². The first-order valence-electron chi connectivity index (χ1n) is 5.89. The molecule has 1 amide bonds. The van der Waals surface area contributed by atoms with Crippen molar-refractivity contribution in [2.45, 2.75) is 6.92 Å². The van der Waals surface area contributed by atoms with Crippen molar-refractivity contribution in [3.8, 4) is 5.75 Å². The number of rotatable bonds is 4. The van der Waals surface area contributed by atoms with Crippen molar-refractivity contribution in [3.05, 3.63) is 59.9 Å². The van der Waals surface area contributed by atoms with Gasteiger partial charge in [0, 0.05) is 0 Å². The molecule has 2 aromatic rings. The van der Waals surface area contributed by atoms with Gasteiger partial charge in [-0.25, -0.2) is 4.39 Å². The number of hydrogen-bond donors (Lipinski definition) is 1. The van der Waals surface area contributed by atoms with Crippen LogP contribution in [0, 0.1) is 12.7 Å². The van der Waals surface area contributed by atoms with E-state index >= 15 is 0 Å². The van der Waals surface area contributed by atoms with Gasteiger partial charge in [0.1, 0.15) is 11.6 Å². The Morgan fingerprint density at radius 2 is 1.84 bits per heavy atom. The molecular formula is C15H14FNO2. The lowest BCUT2D eigenvalue weighted by Gasteiger charge is -2.09. The Morgan fingerprint density at radius 3 is 2.58 bits per heavy atom. The molecule has 2 aromatic carbocycles. The molecule has 3 nitrogen and oxygen atoms in total. The molecular weight excluding hydrogens is 245 g/mol. The summed E-state index contributed by atoms with van der Waals surface area (Å²) in [4.78, 5) is 11.6. The summed E-state index contributed by atoms with van der Waals surface area (Å²) in [5.74, 6) is -0.216. The van der Waals surface area contributed by atoms with Crippen LogP contribution in [0.5, 0.6) is 5.75 Å². The van der Waals surface area contributed by atoms with Gasteiger partial charge >= 0.3 is 0 Å². The van der Waals surface area contributed by atoms with Crippen LogP contribution in [0.15, 0.2) is 48.5 Å². The minimum absolute atomic E-state index is 0.154. The highest BCUT2D eigenvalue weighted by Gasteiger charge is 2.07. The molecule has 98 valence electrons. The summed E-state index contributed by atoms with van der Waals surface area (Å²) in [6.45, 7) is 1.74. The molecule has 0 atom stereocenters. The van der Waals surface area contributed by atoms with Crippen LogP contribution in [0.1, 0.15) is 5.56 Å². The molecule has 0 aliphatic rings. The number of hydrogen-bond acceptors (Lipinski definition) is 2. The van der Waals surface area contributed by atoms with Gasteiger partial charge in [-0.1, -0.05) is 30.3 Å². The summed E-state index contributed by atoms with van der Waals surface area (Å²) >= 11 is 0. The second-order valence-electron chi connectivity index (χ2n) is 4.08. The minimum atomic E-state index is -0.466. The average molecular weight is 259 g/mol. The van der Waals surface area contributed by atoms with Crippen LogP contribution >= 0.6 is 0 Å². The lowest BCUT2D eigenvalue weighted by atomic mass is 10.2. The van der Waals surface area contributed by atoms with Crippen molar-refractivity contribution >= 4 is 11.6 Å². The van der Waals surface area contributed by atoms with Gasteiger partial charge in [-0.3, -0.25) is 4.79 Å². The third-order valence-electron chi connectivity index (χ3n) is 2.60. The largest absolute Gasteiger partial charge is 0.483 e. The van der Waals surface area contributed by atoms with Crippen LogP contribution in [0.3, 0.4) is 0 Å². The molecule has 0 heterocycles. The molecule has 0 radical (unpaired) electrons. The smallest absolute Gasteiger partial charge is 0.262 e. The summed E-state index contributed by atoms with van der Waals surface area (Å²) in [6.07, 6.45) is 0. The number of para-hydroxylation sites is 2. The van der Waals surface area contributed by atoms with Crippen LogP contribution in [-0.4, -0.2) is 12.5 Å². The predicted molar refractivity (Wildman–Crippen MR) is 71.7 cm³/mol. The van der Waals surface area contributed by atoms with E-state index in [1.165, 1.54) is 12.1 Å². The zero-order valence-electron chi connectivity index (χ0n) is 10.5. The molecule has 0 fully saturated rings. The van der Waals surface area contributed by atoms with E-state index in [-0.39, 0.29) is 12.3 Å².